The van der Waals surface area contributed by atoms with E-state index in [0.29, 0.717) is 31.4 Å². The lowest BCUT2D eigenvalue weighted by molar-refractivity contribution is -0.385. The normalized spacial score (nSPS) is 10.4. The first-order valence-corrected chi connectivity index (χ1v) is 11.4. The molecule has 0 fully saturated rings. The van der Waals surface area contributed by atoms with Crippen LogP contribution in [0.3, 0.4) is 0 Å². The van der Waals surface area contributed by atoms with Gasteiger partial charge >= 0.3 is 0 Å². The minimum atomic E-state index is -0.486. The first-order valence-electron chi connectivity index (χ1n) is 11.4. The van der Waals surface area contributed by atoms with E-state index in [-0.39, 0.29) is 5.69 Å². The predicted molar refractivity (Wildman–Crippen MR) is 139 cm³/mol. The molecule has 2 aromatic carbocycles. The first-order chi connectivity index (χ1) is 17.6. The van der Waals surface area contributed by atoms with Crippen LogP contribution in [0.15, 0.2) is 85.2 Å². The van der Waals surface area contributed by atoms with Crippen LogP contribution in [0.1, 0.15) is 5.56 Å². The number of carbonyl (C=O) groups is 1. The molecule has 1 amide bonds. The second-order valence-corrected chi connectivity index (χ2v) is 7.86. The van der Waals surface area contributed by atoms with Crippen molar-refractivity contribution < 1.29 is 9.72 Å². The van der Waals surface area contributed by atoms with E-state index < -0.39 is 4.92 Å². The maximum absolute atomic E-state index is 11.6. The molecule has 10 nitrogen and oxygen atoms in total. The minimum Gasteiger partial charge on any atom is -0.368 e. The quantitative estimate of drug-likeness (QED) is 0.133. The predicted octanol–water partition coefficient (Wildman–Crippen LogP) is 4.18. The Bertz CT molecular complexity index is 1280. The van der Waals surface area contributed by atoms with Crippen LogP contribution in [0.2, 0.25) is 0 Å². The second-order valence-electron chi connectivity index (χ2n) is 7.86. The number of anilines is 3. The van der Waals surface area contributed by atoms with E-state index in [9.17, 15) is 14.9 Å². The lowest BCUT2D eigenvalue weighted by Crippen LogP contribution is -2.23. The molecule has 0 saturated heterocycles. The monoisotopic (exact) mass is 483 g/mol. The Balaban J connectivity index is 1.30. The van der Waals surface area contributed by atoms with Gasteiger partial charge in [0, 0.05) is 43.1 Å². The van der Waals surface area contributed by atoms with Gasteiger partial charge in [0.05, 0.1) is 10.6 Å². The maximum atomic E-state index is 11.6. The third-order valence-corrected chi connectivity index (χ3v) is 5.43. The van der Waals surface area contributed by atoms with Gasteiger partial charge in [-0.15, -0.1) is 0 Å². The van der Waals surface area contributed by atoms with Crippen molar-refractivity contribution in [2.24, 2.45) is 0 Å². The van der Waals surface area contributed by atoms with Gasteiger partial charge in [-0.3, -0.25) is 14.9 Å². The molecule has 0 atom stereocenters. The molecule has 2 aromatic heterocycles. The number of nitrogens with zero attached hydrogens (tertiary/aromatic N) is 5. The van der Waals surface area contributed by atoms with Crippen molar-refractivity contribution in [1.29, 1.82) is 0 Å². The van der Waals surface area contributed by atoms with Gasteiger partial charge in [0.25, 0.3) is 5.69 Å². The molecule has 10 heteroatoms. The Morgan fingerprint density at radius 1 is 0.917 bits per heavy atom. The zero-order valence-corrected chi connectivity index (χ0v) is 19.4. The van der Waals surface area contributed by atoms with Crippen LogP contribution in [-0.2, 0) is 11.2 Å². The number of nitro groups is 1. The van der Waals surface area contributed by atoms with Gasteiger partial charge in [0.15, 0.2) is 0 Å². The Morgan fingerprint density at radius 2 is 1.69 bits per heavy atom. The Morgan fingerprint density at radius 3 is 2.39 bits per heavy atom. The zero-order chi connectivity index (χ0) is 25.2. The number of amides is 1. The van der Waals surface area contributed by atoms with Gasteiger partial charge in [-0.2, -0.15) is 0 Å². The van der Waals surface area contributed by atoms with Gasteiger partial charge < -0.3 is 15.5 Å². The van der Waals surface area contributed by atoms with Crippen LogP contribution in [0.25, 0.3) is 11.3 Å². The highest BCUT2D eigenvalue weighted by Crippen LogP contribution is 2.22. The van der Waals surface area contributed by atoms with E-state index in [0.717, 1.165) is 29.8 Å². The molecular weight excluding hydrogens is 458 g/mol. The molecule has 2 N–H and O–H groups in total. The lowest BCUT2D eigenvalue weighted by Gasteiger charge is -2.18. The van der Waals surface area contributed by atoms with E-state index in [4.69, 9.17) is 0 Å². The highest BCUT2D eigenvalue weighted by atomic mass is 16.6. The van der Waals surface area contributed by atoms with Crippen molar-refractivity contribution in [3.05, 3.63) is 101 Å². The summed E-state index contributed by atoms with van der Waals surface area (Å²) in [6, 6.07) is 22.5. The van der Waals surface area contributed by atoms with E-state index in [1.54, 1.807) is 17.2 Å². The van der Waals surface area contributed by atoms with Crippen LogP contribution in [0, 0.1) is 10.1 Å². The summed E-state index contributed by atoms with van der Waals surface area (Å²) in [6.07, 6.45) is 4.52. The molecule has 0 aliphatic heterocycles. The number of hydrogen-bond acceptors (Lipinski definition) is 8. The molecular formula is C26H25N7O3. The fraction of sp³-hybridized carbons (Fsp3) is 0.154. The molecule has 4 rings (SSSR count). The number of carbonyl (C=O) groups excluding carboxylic acids is 1. The van der Waals surface area contributed by atoms with E-state index in [1.165, 1.54) is 17.8 Å². The smallest absolute Gasteiger partial charge is 0.287 e. The lowest BCUT2D eigenvalue weighted by atomic mass is 10.1. The zero-order valence-electron chi connectivity index (χ0n) is 19.4. The Labute approximate surface area is 208 Å². The summed E-state index contributed by atoms with van der Waals surface area (Å²) in [5.74, 6) is 1.03. The maximum Gasteiger partial charge on any atom is 0.287 e. The van der Waals surface area contributed by atoms with Crippen LogP contribution in [-0.4, -0.2) is 45.9 Å². The summed E-state index contributed by atoms with van der Waals surface area (Å²) in [7, 11) is 0. The number of nitrogens with one attached hydrogen (secondary N) is 2. The topological polar surface area (TPSA) is 126 Å². The van der Waals surface area contributed by atoms with Crippen molar-refractivity contribution in [1.82, 2.24) is 15.0 Å². The van der Waals surface area contributed by atoms with Crippen molar-refractivity contribution in [2.45, 2.75) is 6.42 Å². The summed E-state index contributed by atoms with van der Waals surface area (Å²) in [4.78, 5) is 36.4. The number of benzene rings is 2. The highest BCUT2D eigenvalue weighted by Gasteiger charge is 2.08. The largest absolute Gasteiger partial charge is 0.368 e. The number of rotatable bonds is 12. The molecule has 0 radical (unpaired) electrons. The average Bonchev–Trinajstić information content (AvgIpc) is 2.93. The number of hydrogen-bond donors (Lipinski definition) is 2. The summed E-state index contributed by atoms with van der Waals surface area (Å²) in [5.41, 5.74) is 3.62. The highest BCUT2D eigenvalue weighted by molar-refractivity contribution is 5.76. The number of pyridine rings is 1. The Kier molecular flexibility index (Phi) is 8.10. The fourth-order valence-corrected chi connectivity index (χ4v) is 3.53. The van der Waals surface area contributed by atoms with E-state index >= 15 is 0 Å². The first kappa shape index (κ1) is 24.3. The Hall–Kier alpha value is -4.86. The summed E-state index contributed by atoms with van der Waals surface area (Å²) in [5, 5.41) is 16.9. The summed E-state index contributed by atoms with van der Waals surface area (Å²) in [6.45, 7) is 1.65. The van der Waals surface area contributed by atoms with E-state index in [2.05, 4.69) is 37.7 Å². The van der Waals surface area contributed by atoms with Crippen molar-refractivity contribution in [3.8, 4) is 11.3 Å². The molecule has 4 aromatic rings. The molecule has 0 aliphatic carbocycles. The van der Waals surface area contributed by atoms with Crippen LogP contribution in [0.4, 0.5) is 23.1 Å². The van der Waals surface area contributed by atoms with Gasteiger partial charge in [-0.25, -0.2) is 15.0 Å². The van der Waals surface area contributed by atoms with Crippen molar-refractivity contribution in [2.75, 3.05) is 35.2 Å². The molecule has 0 saturated carbocycles. The summed E-state index contributed by atoms with van der Waals surface area (Å²) < 4.78 is 0. The standard InChI is InChI=1S/C26H25N7O3/c34-19-32(17-13-20-4-2-1-3-5-20)22-8-6-21(7-9-22)24-12-14-28-26(31-24)29-16-15-27-25-11-10-23(18-30-25)33(35)36/h1-12,14,18-19H,13,15-17H2,(H,27,30)(H,28,29,31). The van der Waals surface area contributed by atoms with Gasteiger partial charge in [0.1, 0.15) is 12.0 Å². The van der Waals surface area contributed by atoms with Crippen LogP contribution < -0.4 is 15.5 Å². The van der Waals surface area contributed by atoms with Crippen LogP contribution >= 0.6 is 0 Å². The second kappa shape index (κ2) is 12.0. The average molecular weight is 484 g/mol. The summed E-state index contributed by atoms with van der Waals surface area (Å²) >= 11 is 0. The van der Waals surface area contributed by atoms with Gasteiger partial charge in [-0.1, -0.05) is 42.5 Å². The molecule has 182 valence electrons. The molecule has 0 unspecified atom stereocenters. The molecule has 0 spiro atoms. The van der Waals surface area contributed by atoms with Crippen LogP contribution in [0.5, 0.6) is 0 Å². The molecule has 0 aliphatic rings. The minimum absolute atomic E-state index is 0.0528. The SMILES string of the molecule is O=CN(CCc1ccccc1)c1ccc(-c2ccnc(NCCNc3ccc([N+](=O)[O-])cn3)n2)cc1. The van der Waals surface area contributed by atoms with Gasteiger partial charge in [0.2, 0.25) is 12.4 Å². The van der Waals surface area contributed by atoms with Gasteiger partial charge in [-0.05, 0) is 36.2 Å². The van der Waals surface area contributed by atoms with E-state index in [1.807, 2.05) is 48.5 Å². The third kappa shape index (κ3) is 6.60. The molecule has 0 bridgehead atoms. The van der Waals surface area contributed by atoms with Crippen molar-refractivity contribution >= 4 is 29.6 Å². The molecule has 2 heterocycles. The third-order valence-electron chi connectivity index (χ3n) is 5.43. The number of aromatic nitrogens is 3. The fourth-order valence-electron chi connectivity index (χ4n) is 3.53. The van der Waals surface area contributed by atoms with Crippen molar-refractivity contribution in [3.63, 3.8) is 0 Å². The molecule has 36 heavy (non-hydrogen) atoms.